The lowest BCUT2D eigenvalue weighted by Gasteiger charge is -2.26. The summed E-state index contributed by atoms with van der Waals surface area (Å²) >= 11 is 1.66. The van der Waals surface area contributed by atoms with Crippen LogP contribution in [-0.2, 0) is 28.0 Å². The Labute approximate surface area is 214 Å². The largest absolute Gasteiger partial charge is 0.379 e. The number of carbonyl (C=O) groups is 2. The van der Waals surface area contributed by atoms with Gasteiger partial charge >= 0.3 is 0 Å². The Balaban J connectivity index is 1.54. The molecule has 1 fully saturated rings. The number of hydrogen-bond acceptors (Lipinski definition) is 5. The fourth-order valence-electron chi connectivity index (χ4n) is 3.96. The van der Waals surface area contributed by atoms with Gasteiger partial charge in [0.15, 0.2) is 0 Å². The Morgan fingerprint density at radius 1 is 1.00 bits per heavy atom. The average molecular weight is 498 g/mol. The second kappa shape index (κ2) is 13.1. The van der Waals surface area contributed by atoms with E-state index in [1.54, 1.807) is 11.8 Å². The van der Waals surface area contributed by atoms with E-state index in [-0.39, 0.29) is 17.2 Å². The fourth-order valence-corrected chi connectivity index (χ4v) is 4.43. The van der Waals surface area contributed by atoms with Crippen molar-refractivity contribution < 1.29 is 14.3 Å². The van der Waals surface area contributed by atoms with Crippen LogP contribution in [0, 0.1) is 0 Å². The molecule has 0 aromatic heterocycles. The monoisotopic (exact) mass is 497 g/mol. The number of ether oxygens (including phenoxy) is 1. The number of rotatable bonds is 10. The first-order valence-corrected chi connectivity index (χ1v) is 13.7. The molecule has 3 rings (SSSR count). The first-order chi connectivity index (χ1) is 16.8. The van der Waals surface area contributed by atoms with Crippen LogP contribution >= 0.6 is 11.8 Å². The molecule has 7 heteroatoms. The average Bonchev–Trinajstić information content (AvgIpc) is 2.86. The molecule has 0 spiro atoms. The molecule has 35 heavy (non-hydrogen) atoms. The second-order valence-electron chi connectivity index (χ2n) is 10.1. The molecular formula is C28H39N3O3S. The molecule has 1 atom stereocenters. The van der Waals surface area contributed by atoms with Crippen LogP contribution in [0.3, 0.4) is 0 Å². The number of morpholine rings is 1. The summed E-state index contributed by atoms with van der Waals surface area (Å²) in [5.74, 6) is 0.410. The summed E-state index contributed by atoms with van der Waals surface area (Å²) in [5.41, 5.74) is 4.05. The number of hydrogen-bond donors (Lipinski definition) is 2. The van der Waals surface area contributed by atoms with E-state index in [0.717, 1.165) is 44.2 Å². The molecule has 0 aliphatic carbocycles. The van der Waals surface area contributed by atoms with Gasteiger partial charge in [0.1, 0.15) is 6.04 Å². The van der Waals surface area contributed by atoms with Gasteiger partial charge in [0.2, 0.25) is 5.91 Å². The molecule has 0 bridgehead atoms. The highest BCUT2D eigenvalue weighted by Gasteiger charge is 2.22. The van der Waals surface area contributed by atoms with Crippen molar-refractivity contribution in [3.63, 3.8) is 0 Å². The van der Waals surface area contributed by atoms with Crippen molar-refractivity contribution in [2.75, 3.05) is 38.3 Å². The van der Waals surface area contributed by atoms with Crippen molar-refractivity contribution >= 4 is 23.6 Å². The Morgan fingerprint density at radius 3 is 2.23 bits per heavy atom. The van der Waals surface area contributed by atoms with Crippen LogP contribution in [-0.4, -0.2) is 61.1 Å². The number of thioether (sulfide) groups is 1. The van der Waals surface area contributed by atoms with Crippen molar-refractivity contribution in [3.8, 4) is 0 Å². The summed E-state index contributed by atoms with van der Waals surface area (Å²) < 4.78 is 5.41. The normalized spacial score (nSPS) is 15.4. The summed E-state index contributed by atoms with van der Waals surface area (Å²) in [6.45, 7) is 11.3. The molecule has 2 aromatic carbocycles. The van der Waals surface area contributed by atoms with Gasteiger partial charge in [0.25, 0.3) is 5.91 Å². The van der Waals surface area contributed by atoms with E-state index in [4.69, 9.17) is 4.74 Å². The van der Waals surface area contributed by atoms with Gasteiger partial charge < -0.3 is 15.4 Å². The summed E-state index contributed by atoms with van der Waals surface area (Å²) in [6, 6.07) is 15.4. The SMILES string of the molecule is CSCC[C@@H](NC(=O)c1ccc(C(C)(C)C)cc1)C(=O)NCc1ccc(CN2CCOCC2)cc1. The second-order valence-corrected chi connectivity index (χ2v) is 11.0. The first-order valence-electron chi connectivity index (χ1n) is 12.3. The van der Waals surface area contributed by atoms with Gasteiger partial charge in [-0.3, -0.25) is 14.5 Å². The minimum absolute atomic E-state index is 0.0243. The van der Waals surface area contributed by atoms with E-state index in [9.17, 15) is 9.59 Å². The smallest absolute Gasteiger partial charge is 0.251 e. The third-order valence-electron chi connectivity index (χ3n) is 6.25. The number of benzene rings is 2. The maximum atomic E-state index is 13.0. The maximum absolute atomic E-state index is 13.0. The van der Waals surface area contributed by atoms with Crippen molar-refractivity contribution in [2.24, 2.45) is 0 Å². The third kappa shape index (κ3) is 8.67. The zero-order chi connectivity index (χ0) is 25.3. The lowest BCUT2D eigenvalue weighted by atomic mass is 9.86. The molecule has 0 saturated carbocycles. The predicted octanol–water partition coefficient (Wildman–Crippen LogP) is 3.98. The van der Waals surface area contributed by atoms with E-state index in [0.29, 0.717) is 18.5 Å². The lowest BCUT2D eigenvalue weighted by molar-refractivity contribution is -0.123. The van der Waals surface area contributed by atoms with Crippen molar-refractivity contribution in [2.45, 2.75) is 51.7 Å². The van der Waals surface area contributed by atoms with Crippen LogP contribution < -0.4 is 10.6 Å². The van der Waals surface area contributed by atoms with Crippen LogP contribution in [0.4, 0.5) is 0 Å². The van der Waals surface area contributed by atoms with E-state index in [1.165, 1.54) is 11.1 Å². The van der Waals surface area contributed by atoms with E-state index in [2.05, 4.69) is 60.6 Å². The molecule has 0 radical (unpaired) electrons. The van der Waals surface area contributed by atoms with Crippen LogP contribution in [0.15, 0.2) is 48.5 Å². The van der Waals surface area contributed by atoms with Gasteiger partial charge in [-0.25, -0.2) is 0 Å². The fraction of sp³-hybridized carbons (Fsp3) is 0.500. The maximum Gasteiger partial charge on any atom is 0.251 e. The highest BCUT2D eigenvalue weighted by atomic mass is 32.2. The highest BCUT2D eigenvalue weighted by Crippen LogP contribution is 2.22. The Bertz CT molecular complexity index is 949. The molecular weight excluding hydrogens is 458 g/mol. The standard InChI is InChI=1S/C28H39N3O3S/c1-28(2,3)24-11-9-23(10-12-24)26(32)30-25(13-18-35-4)27(33)29-19-21-5-7-22(8-6-21)20-31-14-16-34-17-15-31/h5-12,25H,13-20H2,1-4H3,(H,29,33)(H,30,32)/t25-/m1/s1. The van der Waals surface area contributed by atoms with Gasteiger partial charge in [-0.15, -0.1) is 0 Å². The van der Waals surface area contributed by atoms with E-state index in [1.807, 2.05) is 30.5 Å². The first kappa shape index (κ1) is 27.2. The summed E-state index contributed by atoms with van der Waals surface area (Å²) in [7, 11) is 0. The van der Waals surface area contributed by atoms with Crippen LogP contribution in [0.1, 0.15) is 54.2 Å². The van der Waals surface area contributed by atoms with Crippen molar-refractivity contribution in [1.29, 1.82) is 0 Å². The third-order valence-corrected chi connectivity index (χ3v) is 6.89. The molecule has 1 aliphatic rings. The quantitative estimate of drug-likeness (QED) is 0.520. The number of amides is 2. The predicted molar refractivity (Wildman–Crippen MR) is 144 cm³/mol. The molecule has 0 unspecified atom stereocenters. The van der Waals surface area contributed by atoms with E-state index < -0.39 is 6.04 Å². The van der Waals surface area contributed by atoms with E-state index >= 15 is 0 Å². The minimum atomic E-state index is -0.571. The van der Waals surface area contributed by atoms with Gasteiger partial charge in [0.05, 0.1) is 13.2 Å². The topological polar surface area (TPSA) is 70.7 Å². The molecule has 1 heterocycles. The van der Waals surface area contributed by atoms with Crippen LogP contribution in [0.25, 0.3) is 0 Å². The van der Waals surface area contributed by atoms with Crippen molar-refractivity contribution in [1.82, 2.24) is 15.5 Å². The lowest BCUT2D eigenvalue weighted by Crippen LogP contribution is -2.46. The molecule has 6 nitrogen and oxygen atoms in total. The molecule has 1 aliphatic heterocycles. The minimum Gasteiger partial charge on any atom is -0.379 e. The number of nitrogens with zero attached hydrogens (tertiary/aromatic N) is 1. The zero-order valence-corrected chi connectivity index (χ0v) is 22.2. The van der Waals surface area contributed by atoms with Gasteiger partial charge in [0, 0.05) is 31.7 Å². The Morgan fingerprint density at radius 2 is 1.63 bits per heavy atom. The Hall–Kier alpha value is -2.35. The number of nitrogens with one attached hydrogen (secondary N) is 2. The Kier molecular flexibility index (Phi) is 10.2. The van der Waals surface area contributed by atoms with Crippen molar-refractivity contribution in [3.05, 3.63) is 70.8 Å². The molecule has 2 aromatic rings. The summed E-state index contributed by atoms with van der Waals surface area (Å²) in [6.07, 6.45) is 2.58. The highest BCUT2D eigenvalue weighted by molar-refractivity contribution is 7.98. The summed E-state index contributed by atoms with van der Waals surface area (Å²) in [5, 5.41) is 5.94. The number of carbonyl (C=O) groups excluding carboxylic acids is 2. The molecule has 2 N–H and O–H groups in total. The molecule has 1 saturated heterocycles. The van der Waals surface area contributed by atoms with Gasteiger partial charge in [-0.05, 0) is 52.7 Å². The van der Waals surface area contributed by atoms with Gasteiger partial charge in [-0.1, -0.05) is 57.2 Å². The van der Waals surface area contributed by atoms with Crippen LogP contribution in [0.5, 0.6) is 0 Å². The zero-order valence-electron chi connectivity index (χ0n) is 21.4. The summed E-state index contributed by atoms with van der Waals surface area (Å²) in [4.78, 5) is 28.2. The van der Waals surface area contributed by atoms with Crippen LogP contribution in [0.2, 0.25) is 0 Å². The van der Waals surface area contributed by atoms with Gasteiger partial charge in [-0.2, -0.15) is 11.8 Å². The molecule has 2 amide bonds. The molecule has 190 valence electrons.